The summed E-state index contributed by atoms with van der Waals surface area (Å²) in [5, 5.41) is 22.1. The Labute approximate surface area is 72.8 Å². The largest absolute Gasteiger partial charge is 0.396 e. The zero-order valence-corrected chi connectivity index (χ0v) is 7.45. The van der Waals surface area contributed by atoms with Crippen molar-refractivity contribution < 1.29 is 10.2 Å². The fourth-order valence-corrected chi connectivity index (χ4v) is 1.80. The average Bonchev–Trinajstić information content (AvgIpc) is 2.11. The number of rotatable bonds is 2. The highest BCUT2D eigenvalue weighted by Gasteiger charge is 2.41. The smallest absolute Gasteiger partial charge is 0.0781 e. The van der Waals surface area contributed by atoms with Gasteiger partial charge in [0.1, 0.15) is 0 Å². The first-order valence-electron chi connectivity index (χ1n) is 4.38. The van der Waals surface area contributed by atoms with Crippen LogP contribution in [-0.4, -0.2) is 42.1 Å². The van der Waals surface area contributed by atoms with Crippen LogP contribution >= 0.6 is 0 Å². The summed E-state index contributed by atoms with van der Waals surface area (Å²) in [5.41, 5.74) is 5.07. The van der Waals surface area contributed by atoms with Crippen molar-refractivity contribution in [1.29, 1.82) is 0 Å². The highest BCUT2D eigenvalue weighted by Crippen LogP contribution is 2.29. The molecule has 0 aromatic rings. The molecule has 4 heteroatoms. The van der Waals surface area contributed by atoms with Crippen molar-refractivity contribution in [3.63, 3.8) is 0 Å². The molecule has 5 N–H and O–H groups in total. The second kappa shape index (κ2) is 3.70. The summed E-state index contributed by atoms with van der Waals surface area (Å²) in [6.45, 7) is 3.03. The van der Waals surface area contributed by atoms with E-state index in [9.17, 15) is 5.11 Å². The normalized spacial score (nSPS) is 43.0. The molecule has 0 radical (unpaired) electrons. The Kier molecular flexibility index (Phi) is 3.06. The van der Waals surface area contributed by atoms with Gasteiger partial charge < -0.3 is 21.3 Å². The van der Waals surface area contributed by atoms with Gasteiger partial charge in [0.05, 0.1) is 12.7 Å². The van der Waals surface area contributed by atoms with Gasteiger partial charge >= 0.3 is 0 Å². The second-order valence-electron chi connectivity index (χ2n) is 3.66. The minimum Gasteiger partial charge on any atom is -0.396 e. The predicted molar refractivity (Wildman–Crippen MR) is 46.7 cm³/mol. The minimum atomic E-state index is -0.541. The molecule has 0 spiro atoms. The van der Waals surface area contributed by atoms with Crippen LogP contribution in [0.4, 0.5) is 0 Å². The zero-order valence-electron chi connectivity index (χ0n) is 7.45. The van der Waals surface area contributed by atoms with Gasteiger partial charge in [-0.25, -0.2) is 0 Å². The van der Waals surface area contributed by atoms with Crippen molar-refractivity contribution in [2.24, 2.45) is 11.1 Å². The quantitative estimate of drug-likeness (QED) is 0.418. The molecule has 1 fully saturated rings. The summed E-state index contributed by atoms with van der Waals surface area (Å²) in [5.74, 6) is 0. The van der Waals surface area contributed by atoms with Gasteiger partial charge in [0.25, 0.3) is 0 Å². The summed E-state index contributed by atoms with van der Waals surface area (Å²) in [6, 6.07) is 0.0226. The maximum atomic E-state index is 9.79. The van der Waals surface area contributed by atoms with Gasteiger partial charge in [-0.3, -0.25) is 0 Å². The molecule has 1 rings (SSSR count). The van der Waals surface area contributed by atoms with Crippen molar-refractivity contribution >= 4 is 0 Å². The molecule has 1 heterocycles. The van der Waals surface area contributed by atoms with Gasteiger partial charge in [0.15, 0.2) is 0 Å². The van der Waals surface area contributed by atoms with Crippen LogP contribution in [0.15, 0.2) is 0 Å². The van der Waals surface area contributed by atoms with Crippen molar-refractivity contribution in [2.45, 2.75) is 25.5 Å². The molecule has 72 valence electrons. The maximum absolute atomic E-state index is 9.79. The van der Waals surface area contributed by atoms with E-state index in [2.05, 4.69) is 5.32 Å². The van der Waals surface area contributed by atoms with Gasteiger partial charge in [-0.1, -0.05) is 0 Å². The van der Waals surface area contributed by atoms with Crippen LogP contribution < -0.4 is 11.1 Å². The highest BCUT2D eigenvalue weighted by molar-refractivity contribution is 4.96. The van der Waals surface area contributed by atoms with Crippen molar-refractivity contribution in [3.8, 4) is 0 Å². The van der Waals surface area contributed by atoms with E-state index in [-0.39, 0.29) is 12.6 Å². The number of hydrogen-bond donors (Lipinski definition) is 4. The first-order chi connectivity index (χ1) is 5.66. The number of nitrogens with two attached hydrogens (primary N) is 1. The maximum Gasteiger partial charge on any atom is 0.0781 e. The Balaban J connectivity index is 2.71. The van der Waals surface area contributed by atoms with Gasteiger partial charge in [-0.15, -0.1) is 0 Å². The molecule has 3 unspecified atom stereocenters. The van der Waals surface area contributed by atoms with E-state index in [4.69, 9.17) is 10.8 Å². The van der Waals surface area contributed by atoms with Crippen molar-refractivity contribution in [2.75, 3.05) is 19.7 Å². The van der Waals surface area contributed by atoms with Gasteiger partial charge in [0, 0.05) is 18.0 Å². The molecule has 1 aliphatic rings. The van der Waals surface area contributed by atoms with Crippen LogP contribution in [0, 0.1) is 5.41 Å². The topological polar surface area (TPSA) is 78.5 Å². The Hall–Kier alpha value is -0.160. The molecule has 4 nitrogen and oxygen atoms in total. The molecule has 0 bridgehead atoms. The standard InChI is InChI=1S/C8H18N2O2/c1-6-7(12)8(4-9,5-11)2-3-10-6/h6-7,10-12H,2-5,9H2,1H3. The van der Waals surface area contributed by atoms with Gasteiger partial charge in [-0.05, 0) is 19.9 Å². The van der Waals surface area contributed by atoms with Crippen LogP contribution in [0.25, 0.3) is 0 Å². The van der Waals surface area contributed by atoms with E-state index in [1.54, 1.807) is 0 Å². The van der Waals surface area contributed by atoms with E-state index in [1.807, 2.05) is 6.92 Å². The molecule has 0 amide bonds. The minimum absolute atomic E-state index is 0.0226. The third-order valence-electron chi connectivity index (χ3n) is 2.91. The molecule has 0 aromatic carbocycles. The van der Waals surface area contributed by atoms with Crippen LogP contribution in [0.3, 0.4) is 0 Å². The summed E-state index contributed by atoms with van der Waals surface area (Å²) in [4.78, 5) is 0. The van der Waals surface area contributed by atoms with Crippen molar-refractivity contribution in [1.82, 2.24) is 5.32 Å². The zero-order chi connectivity index (χ0) is 9.19. The van der Waals surface area contributed by atoms with Crippen LogP contribution in [0.5, 0.6) is 0 Å². The summed E-state index contributed by atoms with van der Waals surface area (Å²) in [6.07, 6.45) is 0.201. The fourth-order valence-electron chi connectivity index (χ4n) is 1.80. The molecule has 0 saturated carbocycles. The molecule has 12 heavy (non-hydrogen) atoms. The third kappa shape index (κ3) is 1.47. The first-order valence-corrected chi connectivity index (χ1v) is 4.38. The lowest BCUT2D eigenvalue weighted by Crippen LogP contribution is -2.59. The Morgan fingerprint density at radius 3 is 2.75 bits per heavy atom. The second-order valence-corrected chi connectivity index (χ2v) is 3.66. The lowest BCUT2D eigenvalue weighted by atomic mass is 9.74. The molecule has 1 saturated heterocycles. The molecular weight excluding hydrogens is 156 g/mol. The van der Waals surface area contributed by atoms with Crippen LogP contribution in [0.1, 0.15) is 13.3 Å². The number of hydrogen-bond acceptors (Lipinski definition) is 4. The number of aliphatic hydroxyl groups excluding tert-OH is 2. The Morgan fingerprint density at radius 2 is 2.33 bits per heavy atom. The van der Waals surface area contributed by atoms with Crippen molar-refractivity contribution in [3.05, 3.63) is 0 Å². The SMILES string of the molecule is CC1NCCC(CN)(CO)C1O. The molecule has 0 aromatic heterocycles. The van der Waals surface area contributed by atoms with E-state index < -0.39 is 11.5 Å². The fraction of sp³-hybridized carbons (Fsp3) is 1.00. The number of piperidine rings is 1. The van der Waals surface area contributed by atoms with E-state index in [0.717, 1.165) is 13.0 Å². The lowest BCUT2D eigenvalue weighted by Gasteiger charge is -2.43. The van der Waals surface area contributed by atoms with E-state index in [0.29, 0.717) is 6.54 Å². The first kappa shape index (κ1) is 9.92. The van der Waals surface area contributed by atoms with Crippen LogP contribution in [-0.2, 0) is 0 Å². The predicted octanol–water partition coefficient (Wildman–Crippen LogP) is -1.33. The number of aliphatic hydroxyl groups is 2. The molecule has 0 aliphatic carbocycles. The Morgan fingerprint density at radius 1 is 1.67 bits per heavy atom. The van der Waals surface area contributed by atoms with Crippen LogP contribution in [0.2, 0.25) is 0 Å². The summed E-state index contributed by atoms with van der Waals surface area (Å²) < 4.78 is 0. The summed E-state index contributed by atoms with van der Waals surface area (Å²) in [7, 11) is 0. The number of nitrogens with one attached hydrogen (secondary N) is 1. The van der Waals surface area contributed by atoms with E-state index >= 15 is 0 Å². The molecular formula is C8H18N2O2. The Bertz CT molecular complexity index is 148. The van der Waals surface area contributed by atoms with Gasteiger partial charge in [0.2, 0.25) is 0 Å². The van der Waals surface area contributed by atoms with Gasteiger partial charge in [-0.2, -0.15) is 0 Å². The third-order valence-corrected chi connectivity index (χ3v) is 2.91. The average molecular weight is 174 g/mol. The molecule has 3 atom stereocenters. The van der Waals surface area contributed by atoms with E-state index in [1.165, 1.54) is 0 Å². The summed E-state index contributed by atoms with van der Waals surface area (Å²) >= 11 is 0. The lowest BCUT2D eigenvalue weighted by molar-refractivity contribution is -0.0535. The highest BCUT2D eigenvalue weighted by atomic mass is 16.3. The molecule has 1 aliphatic heterocycles. The monoisotopic (exact) mass is 174 g/mol.